The molecule has 5 heteroatoms. The van der Waals surface area contributed by atoms with Gasteiger partial charge in [0.2, 0.25) is 0 Å². The molecule has 2 atom stereocenters. The summed E-state index contributed by atoms with van der Waals surface area (Å²) in [5, 5.41) is 0.798. The molecular weight excluding hydrogens is 341 g/mol. The molecule has 0 radical (unpaired) electrons. The smallest absolute Gasteiger partial charge is 0.134 e. The van der Waals surface area contributed by atoms with Crippen LogP contribution in [0.5, 0.6) is 0 Å². The minimum Gasteiger partial charge on any atom is -0.302 e. The van der Waals surface area contributed by atoms with Crippen molar-refractivity contribution in [2.24, 2.45) is 0 Å². The highest BCUT2D eigenvalue weighted by Crippen LogP contribution is 2.33. The van der Waals surface area contributed by atoms with Crippen molar-refractivity contribution >= 4 is 63.1 Å². The van der Waals surface area contributed by atoms with Gasteiger partial charge in [0.25, 0.3) is 0 Å². The first-order valence-corrected chi connectivity index (χ1v) is 6.93. The van der Waals surface area contributed by atoms with Gasteiger partial charge in [-0.3, -0.25) is 0 Å². The monoisotopic (exact) mass is 349 g/mol. The molecule has 0 aliphatic rings. The van der Waals surface area contributed by atoms with E-state index in [1.54, 1.807) is 11.3 Å². The molecule has 2 unspecified atom stereocenters. The van der Waals surface area contributed by atoms with E-state index >= 15 is 0 Å². The summed E-state index contributed by atoms with van der Waals surface area (Å²) in [6.07, 6.45) is 0.907. The van der Waals surface area contributed by atoms with E-state index in [2.05, 4.69) is 40.2 Å². The van der Waals surface area contributed by atoms with Crippen molar-refractivity contribution in [1.82, 2.24) is 4.98 Å². The summed E-state index contributed by atoms with van der Waals surface area (Å²) in [7, 11) is 0. The van der Waals surface area contributed by atoms with Crippen LogP contribution in [-0.4, -0.2) is 15.2 Å². The highest BCUT2D eigenvalue weighted by atomic mass is 127. The van der Waals surface area contributed by atoms with Crippen molar-refractivity contribution in [3.05, 3.63) is 29.3 Å². The zero-order valence-electron chi connectivity index (χ0n) is 7.63. The van der Waals surface area contributed by atoms with Crippen LogP contribution in [0.3, 0.4) is 0 Å². The fraction of sp³-hybridized carbons (Fsp3) is 0.200. The topological polar surface area (TPSA) is 30.0 Å². The van der Waals surface area contributed by atoms with Gasteiger partial charge in [0, 0.05) is 0 Å². The van der Waals surface area contributed by atoms with Crippen LogP contribution >= 0.6 is 46.6 Å². The lowest BCUT2D eigenvalue weighted by Gasteiger charge is -2.07. The Labute approximate surface area is 111 Å². The first kappa shape index (κ1) is 11.3. The summed E-state index contributed by atoms with van der Waals surface area (Å²) < 4.78 is 1.01. The molecule has 0 aliphatic carbocycles. The molecule has 1 heterocycles. The van der Waals surface area contributed by atoms with Gasteiger partial charge < -0.3 is 4.79 Å². The van der Waals surface area contributed by atoms with E-state index in [4.69, 9.17) is 0 Å². The Balaban J connectivity index is 2.40. The van der Waals surface area contributed by atoms with Crippen LogP contribution in [-0.2, 0) is 4.79 Å². The number of hydrogen-bond acceptors (Lipinski definition) is 4. The van der Waals surface area contributed by atoms with Gasteiger partial charge >= 0.3 is 0 Å². The maximum absolute atomic E-state index is 10.7. The molecule has 1 aromatic carbocycles. The average molecular weight is 349 g/mol. The van der Waals surface area contributed by atoms with E-state index in [-0.39, 0.29) is 9.17 Å². The van der Waals surface area contributed by atoms with Crippen LogP contribution in [0.15, 0.2) is 24.3 Å². The highest BCUT2D eigenvalue weighted by molar-refractivity contribution is 14.1. The molecule has 0 bridgehead atoms. The van der Waals surface area contributed by atoms with Gasteiger partial charge in [0.05, 0.1) is 19.4 Å². The van der Waals surface area contributed by atoms with Crippen molar-refractivity contribution in [2.45, 2.75) is 9.17 Å². The Kier molecular flexibility index (Phi) is 3.63. The van der Waals surface area contributed by atoms with Crippen molar-refractivity contribution in [1.29, 1.82) is 0 Å². The third-order valence-corrected chi connectivity index (χ3v) is 5.44. The number of rotatable bonds is 3. The summed E-state index contributed by atoms with van der Waals surface area (Å²) in [5.41, 5.74) is 0.978. The second kappa shape index (κ2) is 4.80. The maximum Gasteiger partial charge on any atom is 0.134 e. The Morgan fingerprint density at radius 2 is 2.20 bits per heavy atom. The third kappa shape index (κ3) is 2.34. The second-order valence-electron chi connectivity index (χ2n) is 3.05. The lowest BCUT2D eigenvalue weighted by atomic mass is 10.3. The average Bonchev–Trinajstić information content (AvgIpc) is 2.70. The molecule has 2 nitrogen and oxygen atoms in total. The summed E-state index contributed by atoms with van der Waals surface area (Å²) in [6, 6.07) is 7.94. The molecular formula is C10H8INOS2. The van der Waals surface area contributed by atoms with Crippen molar-refractivity contribution < 1.29 is 4.79 Å². The van der Waals surface area contributed by atoms with Crippen molar-refractivity contribution in [2.75, 3.05) is 0 Å². The SMILES string of the molecule is O=CC(I)C(S)c1nc2ccccc2s1. The zero-order chi connectivity index (χ0) is 10.8. The molecule has 2 rings (SSSR count). The van der Waals surface area contributed by atoms with E-state index in [1.807, 2.05) is 24.3 Å². The summed E-state index contributed by atoms with van der Waals surface area (Å²) in [5.74, 6) is 0. The molecule has 78 valence electrons. The summed E-state index contributed by atoms with van der Waals surface area (Å²) >= 11 is 8.09. The van der Waals surface area contributed by atoms with Crippen LogP contribution in [0.25, 0.3) is 10.2 Å². The van der Waals surface area contributed by atoms with Crippen LogP contribution in [0.2, 0.25) is 0 Å². The molecule has 0 spiro atoms. The van der Waals surface area contributed by atoms with Crippen LogP contribution in [0.1, 0.15) is 10.3 Å². The van der Waals surface area contributed by atoms with E-state index in [9.17, 15) is 4.79 Å². The zero-order valence-corrected chi connectivity index (χ0v) is 11.5. The molecule has 0 saturated heterocycles. The number of carbonyl (C=O) groups is 1. The lowest BCUT2D eigenvalue weighted by Crippen LogP contribution is -2.07. The number of alkyl halides is 1. The number of benzene rings is 1. The van der Waals surface area contributed by atoms with Gasteiger partial charge in [0.15, 0.2) is 0 Å². The molecule has 2 aromatic rings. The molecule has 0 saturated carbocycles. The van der Waals surface area contributed by atoms with Crippen LogP contribution in [0, 0.1) is 0 Å². The maximum atomic E-state index is 10.7. The first-order valence-electron chi connectivity index (χ1n) is 4.35. The Bertz CT molecular complexity index is 452. The van der Waals surface area contributed by atoms with Gasteiger partial charge in [0.1, 0.15) is 11.3 Å². The minimum atomic E-state index is -0.133. The van der Waals surface area contributed by atoms with E-state index in [0.717, 1.165) is 21.5 Å². The fourth-order valence-electron chi connectivity index (χ4n) is 1.23. The number of halogens is 1. The predicted octanol–water partition coefficient (Wildman–Crippen LogP) is 3.27. The number of hydrogen-bond donors (Lipinski definition) is 1. The standard InChI is InChI=1S/C10H8INOS2/c11-6(5-13)9(14)10-12-7-3-1-2-4-8(7)15-10/h1-6,9,14H. The normalized spacial score (nSPS) is 15.1. The number of nitrogens with zero attached hydrogens (tertiary/aromatic N) is 1. The van der Waals surface area contributed by atoms with Crippen LogP contribution in [0.4, 0.5) is 0 Å². The molecule has 0 aliphatic heterocycles. The predicted molar refractivity (Wildman–Crippen MR) is 75.2 cm³/mol. The van der Waals surface area contributed by atoms with Gasteiger partial charge in [-0.15, -0.1) is 11.3 Å². The number of thiol groups is 1. The van der Waals surface area contributed by atoms with Gasteiger partial charge in [-0.05, 0) is 12.1 Å². The number of aromatic nitrogens is 1. The van der Waals surface area contributed by atoms with E-state index in [0.29, 0.717) is 0 Å². The number of thiazole rings is 1. The minimum absolute atomic E-state index is 0.111. The number of aldehydes is 1. The third-order valence-electron chi connectivity index (χ3n) is 2.00. The van der Waals surface area contributed by atoms with E-state index < -0.39 is 0 Å². The van der Waals surface area contributed by atoms with Gasteiger partial charge in [-0.1, -0.05) is 34.7 Å². The fourth-order valence-corrected chi connectivity index (χ4v) is 3.10. The summed E-state index contributed by atoms with van der Waals surface area (Å²) in [6.45, 7) is 0. The molecule has 1 aromatic heterocycles. The summed E-state index contributed by atoms with van der Waals surface area (Å²) in [4.78, 5) is 15.1. The molecule has 15 heavy (non-hydrogen) atoms. The Hall–Kier alpha value is -0.140. The van der Waals surface area contributed by atoms with E-state index in [1.165, 1.54) is 0 Å². The van der Waals surface area contributed by atoms with Crippen molar-refractivity contribution in [3.63, 3.8) is 0 Å². The lowest BCUT2D eigenvalue weighted by molar-refractivity contribution is -0.107. The molecule has 0 N–H and O–H groups in total. The van der Waals surface area contributed by atoms with Crippen molar-refractivity contribution in [3.8, 4) is 0 Å². The Morgan fingerprint density at radius 1 is 1.47 bits per heavy atom. The number of carbonyl (C=O) groups excluding carboxylic acids is 1. The van der Waals surface area contributed by atoms with Crippen LogP contribution < -0.4 is 0 Å². The number of fused-ring (bicyclic) bond motifs is 1. The largest absolute Gasteiger partial charge is 0.302 e. The quantitative estimate of drug-likeness (QED) is 0.399. The highest BCUT2D eigenvalue weighted by Gasteiger charge is 2.19. The van der Waals surface area contributed by atoms with Gasteiger partial charge in [-0.2, -0.15) is 12.6 Å². The first-order chi connectivity index (χ1) is 7.22. The second-order valence-corrected chi connectivity index (χ2v) is 6.10. The van der Waals surface area contributed by atoms with Gasteiger partial charge in [-0.25, -0.2) is 4.98 Å². The number of para-hydroxylation sites is 1. The Morgan fingerprint density at radius 3 is 2.87 bits per heavy atom. The molecule has 0 amide bonds. The molecule has 0 fully saturated rings.